The van der Waals surface area contributed by atoms with Crippen molar-refractivity contribution in [1.82, 2.24) is 4.90 Å². The summed E-state index contributed by atoms with van der Waals surface area (Å²) in [6.07, 6.45) is 5.64. The van der Waals surface area contributed by atoms with Gasteiger partial charge in [-0.25, -0.2) is 0 Å². The van der Waals surface area contributed by atoms with E-state index >= 15 is 0 Å². The fourth-order valence-electron chi connectivity index (χ4n) is 3.53. The molecule has 2 aliphatic heterocycles. The van der Waals surface area contributed by atoms with Gasteiger partial charge < -0.3 is 15.5 Å². The number of carbonyl (C=O) groups is 1. The molecule has 1 amide bonds. The topological polar surface area (TPSA) is 49.6 Å². The van der Waals surface area contributed by atoms with E-state index in [9.17, 15) is 4.79 Å². The molecule has 0 saturated carbocycles. The van der Waals surface area contributed by atoms with Crippen LogP contribution in [0.3, 0.4) is 0 Å². The normalized spacial score (nSPS) is 22.0. The summed E-state index contributed by atoms with van der Waals surface area (Å²) in [6.45, 7) is 2.92. The summed E-state index contributed by atoms with van der Waals surface area (Å²) in [5.41, 5.74) is 8.48. The highest BCUT2D eigenvalue weighted by Crippen LogP contribution is 2.30. The summed E-state index contributed by atoms with van der Waals surface area (Å²) in [7, 11) is 0. The van der Waals surface area contributed by atoms with Crippen molar-refractivity contribution in [3.8, 4) is 0 Å². The minimum Gasteiger partial charge on any atom is -0.358 e. The fourth-order valence-corrected chi connectivity index (χ4v) is 3.53. The summed E-state index contributed by atoms with van der Waals surface area (Å²) in [5, 5.41) is 0. The smallest absolute Gasteiger partial charge is 0.242 e. The van der Waals surface area contributed by atoms with Crippen molar-refractivity contribution >= 4 is 11.6 Å². The van der Waals surface area contributed by atoms with E-state index in [2.05, 4.69) is 29.2 Å². The van der Waals surface area contributed by atoms with Gasteiger partial charge in [-0.2, -0.15) is 0 Å². The first kappa shape index (κ1) is 14.4. The van der Waals surface area contributed by atoms with E-state index in [0.29, 0.717) is 13.1 Å². The number of anilines is 1. The lowest BCUT2D eigenvalue weighted by molar-refractivity contribution is -0.130. The van der Waals surface area contributed by atoms with Crippen LogP contribution in [0.25, 0.3) is 0 Å². The monoisotopic (exact) mass is 287 g/mol. The van der Waals surface area contributed by atoms with Crippen LogP contribution in [0, 0.1) is 0 Å². The predicted octanol–water partition coefficient (Wildman–Crippen LogP) is 1.78. The van der Waals surface area contributed by atoms with Gasteiger partial charge in [-0.3, -0.25) is 4.79 Å². The molecule has 2 aliphatic rings. The zero-order valence-electron chi connectivity index (χ0n) is 12.6. The average Bonchev–Trinajstić information content (AvgIpc) is 2.56. The Morgan fingerprint density at radius 1 is 1.19 bits per heavy atom. The molecule has 4 nitrogen and oxygen atoms in total. The molecule has 21 heavy (non-hydrogen) atoms. The number of nitrogens with zero attached hydrogens (tertiary/aromatic N) is 2. The Balaban J connectivity index is 1.76. The highest BCUT2D eigenvalue weighted by atomic mass is 16.2. The van der Waals surface area contributed by atoms with Gasteiger partial charge in [0.1, 0.15) is 0 Å². The number of hydrogen-bond acceptors (Lipinski definition) is 3. The molecule has 1 aromatic rings. The maximum Gasteiger partial charge on any atom is 0.242 e. The molecule has 1 atom stereocenters. The summed E-state index contributed by atoms with van der Waals surface area (Å²) in [5.74, 6) is 0.254. The van der Waals surface area contributed by atoms with Crippen molar-refractivity contribution in [1.29, 1.82) is 0 Å². The molecule has 1 saturated heterocycles. The molecular formula is C17H25N3O. The highest BCUT2D eigenvalue weighted by molar-refractivity contribution is 5.82. The van der Waals surface area contributed by atoms with Gasteiger partial charge in [0.05, 0.1) is 6.54 Å². The molecule has 2 N–H and O–H groups in total. The van der Waals surface area contributed by atoms with Crippen LogP contribution in [0.1, 0.15) is 31.2 Å². The SMILES string of the molecule is NCC1CCc2ccccc2N1CC(=O)N1CCCCC1. The second-order valence-electron chi connectivity index (χ2n) is 6.13. The molecule has 1 aromatic carbocycles. The Kier molecular flexibility index (Phi) is 4.44. The minimum absolute atomic E-state index is 0.254. The van der Waals surface area contributed by atoms with Crippen molar-refractivity contribution in [2.45, 2.75) is 38.1 Å². The molecular weight excluding hydrogens is 262 g/mol. The van der Waals surface area contributed by atoms with Crippen molar-refractivity contribution in [3.05, 3.63) is 29.8 Å². The number of likely N-dealkylation sites (tertiary alicyclic amines) is 1. The minimum atomic E-state index is 0.254. The summed E-state index contributed by atoms with van der Waals surface area (Å²) in [4.78, 5) is 16.8. The average molecular weight is 287 g/mol. The van der Waals surface area contributed by atoms with Crippen LogP contribution < -0.4 is 10.6 Å². The van der Waals surface area contributed by atoms with Crippen LogP contribution in [-0.2, 0) is 11.2 Å². The molecule has 2 heterocycles. The number of fused-ring (bicyclic) bond motifs is 1. The molecule has 0 spiro atoms. The van der Waals surface area contributed by atoms with E-state index in [1.165, 1.54) is 17.7 Å². The van der Waals surface area contributed by atoms with Gasteiger partial charge in [0.25, 0.3) is 0 Å². The third kappa shape index (κ3) is 3.05. The number of hydrogen-bond donors (Lipinski definition) is 1. The van der Waals surface area contributed by atoms with Gasteiger partial charge in [0.15, 0.2) is 0 Å². The van der Waals surface area contributed by atoms with Gasteiger partial charge in [-0.05, 0) is 43.7 Å². The Bertz CT molecular complexity index is 497. The van der Waals surface area contributed by atoms with Crippen molar-refractivity contribution in [2.75, 3.05) is 31.1 Å². The van der Waals surface area contributed by atoms with Crippen LogP contribution in [-0.4, -0.2) is 43.0 Å². The van der Waals surface area contributed by atoms with Gasteiger partial charge >= 0.3 is 0 Å². The van der Waals surface area contributed by atoms with Crippen LogP contribution in [0.5, 0.6) is 0 Å². The third-order valence-corrected chi connectivity index (χ3v) is 4.78. The quantitative estimate of drug-likeness (QED) is 0.922. The fraction of sp³-hybridized carbons (Fsp3) is 0.588. The van der Waals surface area contributed by atoms with Gasteiger partial charge in [0, 0.05) is 31.4 Å². The number of aryl methyl sites for hydroxylation is 1. The van der Waals surface area contributed by atoms with Gasteiger partial charge in [-0.15, -0.1) is 0 Å². The number of benzene rings is 1. The van der Waals surface area contributed by atoms with Crippen LogP contribution >= 0.6 is 0 Å². The largest absolute Gasteiger partial charge is 0.358 e. The highest BCUT2D eigenvalue weighted by Gasteiger charge is 2.28. The van der Waals surface area contributed by atoms with Crippen molar-refractivity contribution < 1.29 is 4.79 Å². The van der Waals surface area contributed by atoms with E-state index < -0.39 is 0 Å². The molecule has 1 fully saturated rings. The predicted molar refractivity (Wildman–Crippen MR) is 85.4 cm³/mol. The number of piperidine rings is 1. The summed E-state index contributed by atoms with van der Waals surface area (Å²) < 4.78 is 0. The van der Waals surface area contributed by atoms with E-state index in [1.807, 2.05) is 4.90 Å². The van der Waals surface area contributed by atoms with E-state index in [0.717, 1.165) is 38.8 Å². The molecule has 0 radical (unpaired) electrons. The van der Waals surface area contributed by atoms with E-state index in [4.69, 9.17) is 5.73 Å². The molecule has 4 heteroatoms. The van der Waals surface area contributed by atoms with Crippen molar-refractivity contribution in [2.24, 2.45) is 5.73 Å². The van der Waals surface area contributed by atoms with E-state index in [1.54, 1.807) is 0 Å². The third-order valence-electron chi connectivity index (χ3n) is 4.78. The van der Waals surface area contributed by atoms with Crippen molar-refractivity contribution in [3.63, 3.8) is 0 Å². The first-order chi connectivity index (χ1) is 10.3. The molecule has 0 bridgehead atoms. The second kappa shape index (κ2) is 6.48. The van der Waals surface area contributed by atoms with Crippen LogP contribution in [0.15, 0.2) is 24.3 Å². The molecule has 3 rings (SSSR count). The van der Waals surface area contributed by atoms with Gasteiger partial charge in [0.2, 0.25) is 5.91 Å². The Morgan fingerprint density at radius 3 is 2.71 bits per heavy atom. The van der Waals surface area contributed by atoms with Crippen LogP contribution in [0.4, 0.5) is 5.69 Å². The van der Waals surface area contributed by atoms with Crippen LogP contribution in [0.2, 0.25) is 0 Å². The lowest BCUT2D eigenvalue weighted by Crippen LogP contribution is -2.50. The van der Waals surface area contributed by atoms with Gasteiger partial charge in [-0.1, -0.05) is 18.2 Å². The molecule has 114 valence electrons. The lowest BCUT2D eigenvalue weighted by Gasteiger charge is -2.39. The molecule has 0 aromatic heterocycles. The zero-order chi connectivity index (χ0) is 14.7. The number of rotatable bonds is 3. The number of amides is 1. The summed E-state index contributed by atoms with van der Waals surface area (Å²) >= 11 is 0. The molecule has 1 unspecified atom stereocenters. The Morgan fingerprint density at radius 2 is 1.95 bits per heavy atom. The van der Waals surface area contributed by atoms with E-state index in [-0.39, 0.29) is 11.9 Å². The Hall–Kier alpha value is -1.55. The number of carbonyl (C=O) groups excluding carboxylic acids is 1. The summed E-state index contributed by atoms with van der Waals surface area (Å²) in [6, 6.07) is 8.71. The number of para-hydroxylation sites is 1. The maximum atomic E-state index is 12.6. The number of nitrogens with two attached hydrogens (primary N) is 1. The lowest BCUT2D eigenvalue weighted by atomic mass is 9.95. The molecule has 0 aliphatic carbocycles. The first-order valence-electron chi connectivity index (χ1n) is 8.12. The maximum absolute atomic E-state index is 12.6. The second-order valence-corrected chi connectivity index (χ2v) is 6.13. The Labute approximate surface area is 126 Å². The zero-order valence-corrected chi connectivity index (χ0v) is 12.6. The first-order valence-corrected chi connectivity index (χ1v) is 8.12. The standard InChI is InChI=1S/C17H25N3O/c18-12-15-9-8-14-6-2-3-7-16(14)20(15)13-17(21)19-10-4-1-5-11-19/h2-3,6-7,15H,1,4-5,8-13,18H2.